The van der Waals surface area contributed by atoms with Crippen molar-refractivity contribution >= 4 is 22.2 Å². The van der Waals surface area contributed by atoms with Crippen molar-refractivity contribution in [3.63, 3.8) is 0 Å². The van der Waals surface area contributed by atoms with Crippen molar-refractivity contribution in [2.24, 2.45) is 0 Å². The highest BCUT2D eigenvalue weighted by Gasteiger charge is 2.30. The standard InChI is InChI=1S/C25H32N6OS/c1-6-8-22(23-27-28-29-31(23)25(3,4)5)30(16-20-9-7-12-33-20)15-19-14-18-13-17(2)10-11-21(18)26-24(19)32/h7,9-14,22H,6,8,15-16H2,1-5H3,(H,26,32)/t22-/m1/s1. The van der Waals surface area contributed by atoms with Gasteiger partial charge in [0, 0.05) is 29.0 Å². The Kier molecular flexibility index (Phi) is 6.76. The van der Waals surface area contributed by atoms with E-state index in [0.29, 0.717) is 6.54 Å². The molecule has 0 unspecified atom stereocenters. The molecule has 0 saturated heterocycles. The van der Waals surface area contributed by atoms with E-state index in [9.17, 15) is 4.79 Å². The Balaban J connectivity index is 1.77. The minimum atomic E-state index is -0.239. The van der Waals surface area contributed by atoms with Crippen LogP contribution < -0.4 is 5.56 Å². The van der Waals surface area contributed by atoms with Crippen LogP contribution >= 0.6 is 11.3 Å². The molecule has 1 N–H and O–H groups in total. The van der Waals surface area contributed by atoms with Gasteiger partial charge in [-0.25, -0.2) is 4.68 Å². The van der Waals surface area contributed by atoms with Crippen molar-refractivity contribution in [3.05, 3.63) is 74.0 Å². The monoisotopic (exact) mass is 464 g/mol. The van der Waals surface area contributed by atoms with Crippen molar-refractivity contribution in [1.82, 2.24) is 30.1 Å². The molecular weight excluding hydrogens is 432 g/mol. The van der Waals surface area contributed by atoms with Gasteiger partial charge in [-0.2, -0.15) is 0 Å². The molecule has 4 rings (SSSR count). The van der Waals surface area contributed by atoms with E-state index in [0.717, 1.165) is 41.7 Å². The number of nitrogens with one attached hydrogen (secondary N) is 1. The molecule has 7 nitrogen and oxygen atoms in total. The summed E-state index contributed by atoms with van der Waals surface area (Å²) in [4.78, 5) is 19.7. The molecule has 33 heavy (non-hydrogen) atoms. The lowest BCUT2D eigenvalue weighted by atomic mass is 10.0. The average Bonchev–Trinajstić information content (AvgIpc) is 3.44. The normalized spacial score (nSPS) is 13.2. The highest BCUT2D eigenvalue weighted by molar-refractivity contribution is 7.09. The molecule has 0 saturated carbocycles. The van der Waals surface area contributed by atoms with Crippen LogP contribution in [0.15, 0.2) is 46.6 Å². The SMILES string of the molecule is CCC[C@H](c1nnnn1C(C)(C)C)N(Cc1cccs1)Cc1cc2cc(C)ccc2[nH]c1=O. The number of pyridine rings is 1. The van der Waals surface area contributed by atoms with Crippen molar-refractivity contribution in [3.8, 4) is 0 Å². The average molecular weight is 465 g/mol. The lowest BCUT2D eigenvalue weighted by molar-refractivity contribution is 0.150. The van der Waals surface area contributed by atoms with Gasteiger partial charge in [0.1, 0.15) is 0 Å². The summed E-state index contributed by atoms with van der Waals surface area (Å²) in [5, 5.41) is 15.9. The summed E-state index contributed by atoms with van der Waals surface area (Å²) in [5.41, 5.74) is 2.50. The molecule has 4 aromatic rings. The van der Waals surface area contributed by atoms with E-state index in [1.54, 1.807) is 11.3 Å². The van der Waals surface area contributed by atoms with Crippen LogP contribution in [-0.4, -0.2) is 30.1 Å². The maximum absolute atomic E-state index is 13.0. The largest absolute Gasteiger partial charge is 0.322 e. The van der Waals surface area contributed by atoms with E-state index in [1.807, 2.05) is 22.9 Å². The van der Waals surface area contributed by atoms with E-state index >= 15 is 0 Å². The van der Waals surface area contributed by atoms with Crippen molar-refractivity contribution in [2.45, 2.75) is 72.1 Å². The van der Waals surface area contributed by atoms with Crippen molar-refractivity contribution in [1.29, 1.82) is 0 Å². The number of tetrazole rings is 1. The highest BCUT2D eigenvalue weighted by Crippen LogP contribution is 2.30. The summed E-state index contributed by atoms with van der Waals surface area (Å²) in [6.45, 7) is 11.8. The van der Waals surface area contributed by atoms with E-state index < -0.39 is 0 Å². The topological polar surface area (TPSA) is 79.7 Å². The molecule has 0 radical (unpaired) electrons. The number of benzene rings is 1. The number of hydrogen-bond donors (Lipinski definition) is 1. The summed E-state index contributed by atoms with van der Waals surface area (Å²) >= 11 is 1.73. The second-order valence-corrected chi connectivity index (χ2v) is 10.7. The van der Waals surface area contributed by atoms with Crippen LogP contribution in [0, 0.1) is 6.92 Å². The summed E-state index contributed by atoms with van der Waals surface area (Å²) in [6.07, 6.45) is 1.88. The molecule has 1 aromatic carbocycles. The summed E-state index contributed by atoms with van der Waals surface area (Å²) in [7, 11) is 0. The van der Waals surface area contributed by atoms with Gasteiger partial charge in [0.2, 0.25) is 0 Å². The maximum atomic E-state index is 13.0. The third kappa shape index (κ3) is 5.23. The van der Waals surface area contributed by atoms with Crippen LogP contribution in [0.4, 0.5) is 0 Å². The summed E-state index contributed by atoms with van der Waals surface area (Å²) in [6, 6.07) is 12.3. The maximum Gasteiger partial charge on any atom is 0.252 e. The van der Waals surface area contributed by atoms with Crippen LogP contribution in [0.1, 0.15) is 68.4 Å². The number of thiophene rings is 1. The van der Waals surface area contributed by atoms with E-state index in [1.165, 1.54) is 10.4 Å². The minimum absolute atomic E-state index is 0.0149. The molecule has 1 atom stereocenters. The number of rotatable bonds is 8. The van der Waals surface area contributed by atoms with Gasteiger partial charge in [0.05, 0.1) is 11.6 Å². The lowest BCUT2D eigenvalue weighted by Crippen LogP contribution is -2.35. The lowest BCUT2D eigenvalue weighted by Gasteiger charge is -2.32. The zero-order valence-electron chi connectivity index (χ0n) is 20.0. The second kappa shape index (κ2) is 9.57. The molecule has 0 aliphatic rings. The number of aromatic nitrogens is 5. The molecule has 0 aliphatic carbocycles. The first-order valence-corrected chi connectivity index (χ1v) is 12.3. The van der Waals surface area contributed by atoms with Gasteiger partial charge in [-0.05, 0) is 79.6 Å². The molecule has 174 valence electrons. The van der Waals surface area contributed by atoms with E-state index in [-0.39, 0.29) is 17.1 Å². The fourth-order valence-corrected chi connectivity index (χ4v) is 4.94. The molecule has 3 aromatic heterocycles. The van der Waals surface area contributed by atoms with Gasteiger partial charge >= 0.3 is 0 Å². The number of hydrogen-bond acceptors (Lipinski definition) is 6. The van der Waals surface area contributed by atoms with Gasteiger partial charge in [0.25, 0.3) is 5.56 Å². The predicted octanol–water partition coefficient (Wildman–Crippen LogP) is 5.18. The molecular formula is C25H32N6OS. The number of H-pyrrole nitrogens is 1. The molecule has 0 fully saturated rings. The van der Waals surface area contributed by atoms with Crippen LogP contribution in [0.2, 0.25) is 0 Å². The quantitative estimate of drug-likeness (QED) is 0.388. The zero-order chi connectivity index (χ0) is 23.6. The van der Waals surface area contributed by atoms with Crippen molar-refractivity contribution < 1.29 is 0 Å². The Morgan fingerprint density at radius 1 is 1.18 bits per heavy atom. The molecule has 0 spiro atoms. The predicted molar refractivity (Wildman–Crippen MR) is 133 cm³/mol. The molecule has 0 aliphatic heterocycles. The molecule has 0 amide bonds. The molecule has 3 heterocycles. The van der Waals surface area contributed by atoms with Gasteiger partial charge in [0.15, 0.2) is 5.82 Å². The molecule has 0 bridgehead atoms. The summed E-state index contributed by atoms with van der Waals surface area (Å²) < 4.78 is 1.92. The minimum Gasteiger partial charge on any atom is -0.322 e. The Bertz CT molecular complexity index is 1270. The van der Waals surface area contributed by atoms with Crippen LogP contribution in [0.5, 0.6) is 0 Å². The van der Waals surface area contributed by atoms with Crippen molar-refractivity contribution in [2.75, 3.05) is 0 Å². The fourth-order valence-electron chi connectivity index (χ4n) is 4.21. The fraction of sp³-hybridized carbons (Fsp3) is 0.440. The third-order valence-corrected chi connectivity index (χ3v) is 6.68. The Morgan fingerprint density at radius 3 is 2.70 bits per heavy atom. The zero-order valence-corrected chi connectivity index (χ0v) is 20.8. The first kappa shape index (κ1) is 23.3. The number of aromatic amines is 1. The Hall–Kier alpha value is -2.84. The smallest absolute Gasteiger partial charge is 0.252 e. The van der Waals surface area contributed by atoms with Gasteiger partial charge in [-0.3, -0.25) is 9.69 Å². The van der Waals surface area contributed by atoms with E-state index in [2.05, 4.69) is 83.6 Å². The van der Waals surface area contributed by atoms with E-state index in [4.69, 9.17) is 0 Å². The number of aryl methyl sites for hydroxylation is 1. The Morgan fingerprint density at radius 2 is 2.00 bits per heavy atom. The Labute approximate surface area is 198 Å². The second-order valence-electron chi connectivity index (χ2n) is 9.62. The van der Waals surface area contributed by atoms with Gasteiger partial charge in [-0.1, -0.05) is 31.0 Å². The number of nitrogens with zero attached hydrogens (tertiary/aromatic N) is 5. The van der Waals surface area contributed by atoms with Gasteiger partial charge in [-0.15, -0.1) is 16.4 Å². The van der Waals surface area contributed by atoms with Gasteiger partial charge < -0.3 is 4.98 Å². The molecule has 8 heteroatoms. The number of fused-ring (bicyclic) bond motifs is 1. The van der Waals surface area contributed by atoms with Crippen LogP contribution in [0.3, 0.4) is 0 Å². The first-order chi connectivity index (χ1) is 15.8. The summed E-state index contributed by atoms with van der Waals surface area (Å²) in [5.74, 6) is 0.842. The van der Waals surface area contributed by atoms with Crippen LogP contribution in [0.25, 0.3) is 10.9 Å². The first-order valence-electron chi connectivity index (χ1n) is 11.4. The van der Waals surface area contributed by atoms with Crippen LogP contribution in [-0.2, 0) is 18.6 Å². The third-order valence-electron chi connectivity index (χ3n) is 5.82. The highest BCUT2D eigenvalue weighted by atomic mass is 32.1.